The molecule has 0 saturated carbocycles. The monoisotopic (exact) mass is 346 g/mol. The fourth-order valence-electron chi connectivity index (χ4n) is 2.50. The van der Waals surface area contributed by atoms with E-state index >= 15 is 0 Å². The number of nitrogens with zero attached hydrogens (tertiary/aromatic N) is 2. The van der Waals surface area contributed by atoms with E-state index in [0.29, 0.717) is 0 Å². The van der Waals surface area contributed by atoms with Gasteiger partial charge in [-0.25, -0.2) is 14.2 Å². The molecule has 0 spiro atoms. The van der Waals surface area contributed by atoms with Gasteiger partial charge in [0.1, 0.15) is 11.5 Å². The third kappa shape index (κ3) is 4.19. The number of carbonyl (C=O) groups excluding carboxylic acids is 1. The van der Waals surface area contributed by atoms with Gasteiger partial charge in [-0.05, 0) is 36.8 Å². The molecular weight excluding hydrogens is 327 g/mol. The second-order valence-electron chi connectivity index (χ2n) is 5.57. The number of halogens is 1. The summed E-state index contributed by atoms with van der Waals surface area (Å²) in [6.07, 6.45) is 0. The smallest absolute Gasteiger partial charge is 0.337 e. The molecule has 1 heterocycles. The Balaban J connectivity index is 2.30. The number of carboxylic acid groups (broad SMARTS) is 1. The molecule has 0 aliphatic rings. The second kappa shape index (κ2) is 7.85. The molecule has 1 aromatic heterocycles. The lowest BCUT2D eigenvalue weighted by Crippen LogP contribution is -2.34. The normalized spacial score (nSPS) is 11.8. The number of aromatic nitrogens is 1. The molecule has 0 aliphatic heterocycles. The summed E-state index contributed by atoms with van der Waals surface area (Å²) in [4.78, 5) is 29.3. The molecule has 132 valence electrons. The van der Waals surface area contributed by atoms with Crippen molar-refractivity contribution < 1.29 is 23.8 Å². The summed E-state index contributed by atoms with van der Waals surface area (Å²) in [6, 6.07) is 8.13. The van der Waals surface area contributed by atoms with E-state index in [0.717, 1.165) is 5.56 Å². The van der Waals surface area contributed by atoms with Crippen LogP contribution in [0.15, 0.2) is 36.4 Å². The highest BCUT2D eigenvalue weighted by Gasteiger charge is 2.24. The van der Waals surface area contributed by atoms with Gasteiger partial charge in [-0.3, -0.25) is 4.79 Å². The number of pyridine rings is 1. The first-order valence-electron chi connectivity index (χ1n) is 7.57. The van der Waals surface area contributed by atoms with Gasteiger partial charge >= 0.3 is 5.97 Å². The first-order chi connectivity index (χ1) is 11.8. The molecule has 0 saturated heterocycles. The van der Waals surface area contributed by atoms with Gasteiger partial charge in [-0.15, -0.1) is 0 Å². The molecule has 25 heavy (non-hydrogen) atoms. The minimum absolute atomic E-state index is 0.0474. The van der Waals surface area contributed by atoms with Crippen molar-refractivity contribution in [3.63, 3.8) is 0 Å². The van der Waals surface area contributed by atoms with Crippen molar-refractivity contribution in [3.8, 4) is 0 Å². The molecule has 0 bridgehead atoms. The first kappa shape index (κ1) is 18.5. The number of benzene rings is 1. The highest BCUT2D eigenvalue weighted by molar-refractivity contribution is 5.94. The maximum atomic E-state index is 13.1. The fraction of sp³-hybridized carbons (Fsp3) is 0.278. The molecule has 0 radical (unpaired) electrons. The molecule has 0 aliphatic carbocycles. The van der Waals surface area contributed by atoms with Crippen LogP contribution in [0.3, 0.4) is 0 Å². The number of carboxylic acids is 1. The summed E-state index contributed by atoms with van der Waals surface area (Å²) in [5.41, 5.74) is 1.16. The van der Waals surface area contributed by atoms with Gasteiger partial charge in [0, 0.05) is 14.2 Å². The summed E-state index contributed by atoms with van der Waals surface area (Å²) in [5.74, 6) is -1.84. The number of aromatic carboxylic acids is 1. The number of ether oxygens (including phenoxy) is 1. The summed E-state index contributed by atoms with van der Waals surface area (Å²) in [6.45, 7) is 1.76. The number of aryl methyl sites for hydroxylation is 1. The van der Waals surface area contributed by atoms with E-state index in [-0.39, 0.29) is 35.3 Å². The van der Waals surface area contributed by atoms with Crippen LogP contribution in [0.1, 0.15) is 38.1 Å². The number of hydrogen-bond donors (Lipinski definition) is 1. The van der Waals surface area contributed by atoms with Crippen molar-refractivity contribution in [1.82, 2.24) is 9.88 Å². The van der Waals surface area contributed by atoms with E-state index in [2.05, 4.69) is 4.98 Å². The van der Waals surface area contributed by atoms with Gasteiger partial charge in [0.25, 0.3) is 5.91 Å². The van der Waals surface area contributed by atoms with Gasteiger partial charge in [0.15, 0.2) is 0 Å². The molecule has 0 fully saturated rings. The first-order valence-corrected chi connectivity index (χ1v) is 7.57. The Hall–Kier alpha value is -2.80. The predicted octanol–water partition coefficient (Wildman–Crippen LogP) is 2.69. The van der Waals surface area contributed by atoms with Gasteiger partial charge in [0.2, 0.25) is 0 Å². The van der Waals surface area contributed by atoms with Gasteiger partial charge in [-0.1, -0.05) is 12.1 Å². The van der Waals surface area contributed by atoms with Crippen molar-refractivity contribution >= 4 is 11.9 Å². The minimum Gasteiger partial charge on any atom is -0.478 e. The van der Waals surface area contributed by atoms with Crippen molar-refractivity contribution in [1.29, 1.82) is 0 Å². The van der Waals surface area contributed by atoms with Crippen LogP contribution in [0.25, 0.3) is 0 Å². The van der Waals surface area contributed by atoms with Crippen molar-refractivity contribution in [2.24, 2.45) is 0 Å². The van der Waals surface area contributed by atoms with Crippen LogP contribution < -0.4 is 0 Å². The summed E-state index contributed by atoms with van der Waals surface area (Å²) >= 11 is 0. The van der Waals surface area contributed by atoms with Crippen molar-refractivity contribution in [3.05, 3.63) is 64.7 Å². The molecule has 1 aromatic carbocycles. The van der Waals surface area contributed by atoms with E-state index in [1.165, 1.54) is 43.2 Å². The van der Waals surface area contributed by atoms with Crippen LogP contribution in [-0.2, 0) is 4.74 Å². The molecule has 6 nitrogen and oxygen atoms in total. The van der Waals surface area contributed by atoms with E-state index in [4.69, 9.17) is 9.84 Å². The third-order valence-corrected chi connectivity index (χ3v) is 3.90. The lowest BCUT2D eigenvalue weighted by Gasteiger charge is -2.28. The second-order valence-corrected chi connectivity index (χ2v) is 5.57. The maximum Gasteiger partial charge on any atom is 0.337 e. The Labute approximate surface area is 144 Å². The highest BCUT2D eigenvalue weighted by atomic mass is 19.1. The Bertz CT molecular complexity index is 777. The lowest BCUT2D eigenvalue weighted by atomic mass is 10.1. The zero-order chi connectivity index (χ0) is 18.6. The van der Waals surface area contributed by atoms with Crippen LogP contribution in [0, 0.1) is 12.7 Å². The number of hydrogen-bond acceptors (Lipinski definition) is 4. The molecule has 1 amide bonds. The average Bonchev–Trinajstić information content (AvgIpc) is 2.59. The van der Waals surface area contributed by atoms with E-state index in [1.54, 1.807) is 19.2 Å². The Morgan fingerprint density at radius 2 is 1.88 bits per heavy atom. The highest BCUT2D eigenvalue weighted by Crippen LogP contribution is 2.22. The Morgan fingerprint density at radius 1 is 1.24 bits per heavy atom. The predicted molar refractivity (Wildman–Crippen MR) is 89.0 cm³/mol. The average molecular weight is 346 g/mol. The third-order valence-electron chi connectivity index (χ3n) is 3.90. The largest absolute Gasteiger partial charge is 0.478 e. The summed E-state index contributed by atoms with van der Waals surface area (Å²) < 4.78 is 18.3. The SMILES string of the molecule is COCC(c1ccc(F)cc1)N(C)C(=O)c1ccc(C(=O)O)c(C)n1. The van der Waals surface area contributed by atoms with E-state index < -0.39 is 12.0 Å². The molecule has 2 aromatic rings. The zero-order valence-electron chi connectivity index (χ0n) is 14.2. The van der Waals surface area contributed by atoms with Crippen LogP contribution in [0.4, 0.5) is 4.39 Å². The van der Waals surface area contributed by atoms with Crippen LogP contribution in [0.5, 0.6) is 0 Å². The number of amides is 1. The van der Waals surface area contributed by atoms with Crippen LogP contribution in [-0.4, -0.2) is 47.6 Å². The van der Waals surface area contributed by atoms with E-state index in [1.807, 2.05) is 0 Å². The van der Waals surface area contributed by atoms with Gasteiger partial charge in [0.05, 0.1) is 23.9 Å². The van der Waals surface area contributed by atoms with Crippen molar-refractivity contribution in [2.75, 3.05) is 20.8 Å². The molecule has 1 unspecified atom stereocenters. The molecule has 1 atom stereocenters. The van der Waals surface area contributed by atoms with Crippen molar-refractivity contribution in [2.45, 2.75) is 13.0 Å². The van der Waals surface area contributed by atoms with Gasteiger partial charge in [-0.2, -0.15) is 0 Å². The summed E-state index contributed by atoms with van der Waals surface area (Å²) in [5, 5.41) is 9.05. The number of rotatable bonds is 6. The maximum absolute atomic E-state index is 13.1. The van der Waals surface area contributed by atoms with E-state index in [9.17, 15) is 14.0 Å². The molecular formula is C18H19FN2O4. The Morgan fingerprint density at radius 3 is 2.40 bits per heavy atom. The number of likely N-dealkylation sites (N-methyl/N-ethyl adjacent to an activating group) is 1. The van der Waals surface area contributed by atoms with Crippen LogP contribution >= 0.6 is 0 Å². The fourth-order valence-corrected chi connectivity index (χ4v) is 2.50. The minimum atomic E-state index is -1.10. The van der Waals surface area contributed by atoms with Gasteiger partial charge < -0.3 is 14.7 Å². The standard InChI is InChI=1S/C18H19FN2O4/c1-11-14(18(23)24)8-9-15(20-11)17(22)21(2)16(10-25-3)12-4-6-13(19)7-5-12/h4-9,16H,10H2,1-3H3,(H,23,24). The summed E-state index contributed by atoms with van der Waals surface area (Å²) in [7, 11) is 3.11. The number of carbonyl (C=O) groups is 2. The molecule has 2 rings (SSSR count). The lowest BCUT2D eigenvalue weighted by molar-refractivity contribution is 0.0594. The number of methoxy groups -OCH3 is 1. The topological polar surface area (TPSA) is 79.7 Å². The zero-order valence-corrected chi connectivity index (χ0v) is 14.2. The molecule has 7 heteroatoms. The quantitative estimate of drug-likeness (QED) is 0.870. The molecule has 1 N–H and O–H groups in total. The Kier molecular flexibility index (Phi) is 5.82. The van der Waals surface area contributed by atoms with Crippen LogP contribution in [0.2, 0.25) is 0 Å².